The Kier molecular flexibility index (Phi) is 9.97. The van der Waals surface area contributed by atoms with Crippen LogP contribution in [0.3, 0.4) is 0 Å². The van der Waals surface area contributed by atoms with Gasteiger partial charge in [-0.3, -0.25) is 4.79 Å². The van der Waals surface area contributed by atoms with Crippen LogP contribution in [-0.4, -0.2) is 42.6 Å². The maximum absolute atomic E-state index is 14.3. The van der Waals surface area contributed by atoms with Crippen molar-refractivity contribution in [1.82, 2.24) is 14.8 Å². The van der Waals surface area contributed by atoms with Crippen molar-refractivity contribution in [2.45, 2.75) is 39.8 Å². The molecule has 0 saturated heterocycles. The first-order valence-corrected chi connectivity index (χ1v) is 13.2. The van der Waals surface area contributed by atoms with Crippen LogP contribution in [0.25, 0.3) is 22.5 Å². The van der Waals surface area contributed by atoms with Gasteiger partial charge in [-0.15, -0.1) is 0 Å². The van der Waals surface area contributed by atoms with E-state index in [1.807, 2.05) is 53.1 Å². The van der Waals surface area contributed by atoms with Crippen molar-refractivity contribution in [3.8, 4) is 16.9 Å². The molecular weight excluding hydrogens is 499 g/mol. The van der Waals surface area contributed by atoms with Crippen LogP contribution in [0.5, 0.6) is 0 Å². The predicted octanol–water partition coefficient (Wildman–Crippen LogP) is 7.63. The summed E-state index contributed by atoms with van der Waals surface area (Å²) in [6, 6.07) is 15.0. The minimum atomic E-state index is -4.54. The van der Waals surface area contributed by atoms with Crippen molar-refractivity contribution in [3.63, 3.8) is 0 Å². The number of allylic oxidation sites excluding steroid dienone is 3. The summed E-state index contributed by atoms with van der Waals surface area (Å²) in [6.07, 6.45) is 0.430. The van der Waals surface area contributed by atoms with Crippen molar-refractivity contribution in [3.05, 3.63) is 95.7 Å². The highest BCUT2D eigenvalue weighted by Gasteiger charge is 2.35. The van der Waals surface area contributed by atoms with E-state index in [9.17, 15) is 18.0 Å². The number of hydrogen-bond acceptors (Lipinski definition) is 2. The quantitative estimate of drug-likeness (QED) is 0.202. The first-order valence-electron chi connectivity index (χ1n) is 13.2. The molecular formula is C32H38F3N3O. The number of benzene rings is 2. The van der Waals surface area contributed by atoms with Gasteiger partial charge in [-0.2, -0.15) is 13.2 Å². The first kappa shape index (κ1) is 30.0. The molecule has 4 nitrogen and oxygen atoms in total. The largest absolute Gasteiger partial charge is 0.418 e. The smallest absolute Gasteiger partial charge is 0.352 e. The highest BCUT2D eigenvalue weighted by Crippen LogP contribution is 2.39. The summed E-state index contributed by atoms with van der Waals surface area (Å²) >= 11 is 0. The van der Waals surface area contributed by atoms with Crippen LogP contribution >= 0.6 is 0 Å². The van der Waals surface area contributed by atoms with E-state index in [1.54, 1.807) is 47.0 Å². The second-order valence-electron chi connectivity index (χ2n) is 10.3. The van der Waals surface area contributed by atoms with Gasteiger partial charge in [0.05, 0.1) is 22.6 Å². The Hall–Kier alpha value is -3.58. The standard InChI is InChI=1S/C32H38F3N3O/c1-7-24(8-2)28-16-17-29(25-11-13-26(14-12-25)31(39)36-18-9-19-37(5)6)38(28)30-21-23(20-22(3)4)10-15-27(30)32(33,34)35/h7-8,10-17,21-22H,1,9,18-20H2,2-6H3,(H,36,39)/b24-8+. The van der Waals surface area contributed by atoms with Gasteiger partial charge in [-0.25, -0.2) is 0 Å². The van der Waals surface area contributed by atoms with E-state index in [1.165, 1.54) is 6.07 Å². The number of nitrogens with zero attached hydrogens (tertiary/aromatic N) is 2. The molecule has 208 valence electrons. The van der Waals surface area contributed by atoms with Gasteiger partial charge in [0, 0.05) is 12.1 Å². The minimum absolute atomic E-state index is 0.0690. The van der Waals surface area contributed by atoms with Crippen LogP contribution in [-0.2, 0) is 12.6 Å². The molecule has 3 rings (SSSR count). The Morgan fingerprint density at radius 2 is 1.77 bits per heavy atom. The van der Waals surface area contributed by atoms with E-state index in [0.717, 1.165) is 24.1 Å². The van der Waals surface area contributed by atoms with Crippen LogP contribution in [0, 0.1) is 5.92 Å². The molecule has 1 aromatic heterocycles. The summed E-state index contributed by atoms with van der Waals surface area (Å²) in [7, 11) is 3.96. The molecule has 0 fully saturated rings. The molecule has 0 spiro atoms. The molecule has 1 N–H and O–H groups in total. The Bertz CT molecular complexity index is 1320. The number of amides is 1. The molecule has 0 atom stereocenters. The van der Waals surface area contributed by atoms with Crippen molar-refractivity contribution in [2.75, 3.05) is 27.2 Å². The lowest BCUT2D eigenvalue weighted by Crippen LogP contribution is -2.27. The zero-order valence-corrected chi connectivity index (χ0v) is 23.4. The maximum Gasteiger partial charge on any atom is 0.418 e. The molecule has 0 aliphatic carbocycles. The number of carbonyl (C=O) groups is 1. The Morgan fingerprint density at radius 3 is 2.33 bits per heavy atom. The number of rotatable bonds is 11. The minimum Gasteiger partial charge on any atom is -0.352 e. The average Bonchev–Trinajstić information content (AvgIpc) is 3.31. The molecule has 0 unspecified atom stereocenters. The highest BCUT2D eigenvalue weighted by molar-refractivity contribution is 5.94. The summed E-state index contributed by atoms with van der Waals surface area (Å²) < 4.78 is 44.5. The summed E-state index contributed by atoms with van der Waals surface area (Å²) in [5.74, 6) is 0.110. The molecule has 0 radical (unpaired) electrons. The lowest BCUT2D eigenvalue weighted by Gasteiger charge is -2.21. The van der Waals surface area contributed by atoms with Gasteiger partial charge in [-0.1, -0.05) is 50.8 Å². The van der Waals surface area contributed by atoms with Gasteiger partial charge in [-0.05, 0) is 99.4 Å². The normalized spacial score (nSPS) is 12.3. The van der Waals surface area contributed by atoms with Crippen molar-refractivity contribution in [2.24, 2.45) is 5.92 Å². The summed E-state index contributed by atoms with van der Waals surface area (Å²) in [4.78, 5) is 14.7. The van der Waals surface area contributed by atoms with Crippen LogP contribution in [0.15, 0.2) is 73.3 Å². The van der Waals surface area contributed by atoms with Gasteiger partial charge in [0.1, 0.15) is 0 Å². The fourth-order valence-corrected chi connectivity index (χ4v) is 4.61. The van der Waals surface area contributed by atoms with Gasteiger partial charge in [0.25, 0.3) is 5.91 Å². The lowest BCUT2D eigenvalue weighted by molar-refractivity contribution is -0.137. The SMILES string of the molecule is C=C/C(=C\C)c1ccc(-c2ccc(C(=O)NCCCN(C)C)cc2)n1-c1cc(CC(C)C)ccc1C(F)(F)F. The van der Waals surface area contributed by atoms with E-state index in [2.05, 4.69) is 16.8 Å². The maximum atomic E-state index is 14.3. The number of alkyl halides is 3. The van der Waals surface area contributed by atoms with E-state index >= 15 is 0 Å². The monoisotopic (exact) mass is 537 g/mol. The molecule has 0 bridgehead atoms. The summed E-state index contributed by atoms with van der Waals surface area (Å²) in [5, 5.41) is 2.92. The van der Waals surface area contributed by atoms with Gasteiger partial charge < -0.3 is 14.8 Å². The number of carbonyl (C=O) groups excluding carboxylic acids is 1. The Balaban J connectivity index is 2.10. The van der Waals surface area contributed by atoms with Crippen molar-refractivity contribution in [1.29, 1.82) is 0 Å². The van der Waals surface area contributed by atoms with E-state index < -0.39 is 11.7 Å². The third kappa shape index (κ3) is 7.51. The summed E-state index contributed by atoms with van der Waals surface area (Å²) in [6.45, 7) is 11.2. The second-order valence-corrected chi connectivity index (χ2v) is 10.3. The highest BCUT2D eigenvalue weighted by atomic mass is 19.4. The van der Waals surface area contributed by atoms with Crippen molar-refractivity contribution < 1.29 is 18.0 Å². The predicted molar refractivity (Wildman–Crippen MR) is 154 cm³/mol. The molecule has 7 heteroatoms. The Morgan fingerprint density at radius 1 is 1.08 bits per heavy atom. The van der Waals surface area contributed by atoms with E-state index in [4.69, 9.17) is 0 Å². The molecule has 1 heterocycles. The van der Waals surface area contributed by atoms with Gasteiger partial charge >= 0.3 is 6.18 Å². The molecule has 3 aromatic rings. The Labute approximate surface area is 229 Å². The van der Waals surface area contributed by atoms with Crippen LogP contribution in [0.2, 0.25) is 0 Å². The van der Waals surface area contributed by atoms with Crippen LogP contribution in [0.1, 0.15) is 54.4 Å². The first-order chi connectivity index (χ1) is 18.5. The topological polar surface area (TPSA) is 37.3 Å². The molecule has 2 aromatic carbocycles. The zero-order chi connectivity index (χ0) is 28.7. The molecule has 0 aliphatic rings. The van der Waals surface area contributed by atoms with E-state index in [0.29, 0.717) is 41.4 Å². The third-order valence-corrected chi connectivity index (χ3v) is 6.47. The number of aromatic nitrogens is 1. The number of nitrogens with one attached hydrogen (secondary N) is 1. The van der Waals surface area contributed by atoms with Crippen LogP contribution < -0.4 is 5.32 Å². The van der Waals surface area contributed by atoms with Gasteiger partial charge in [0.15, 0.2) is 0 Å². The van der Waals surface area contributed by atoms with Gasteiger partial charge in [0.2, 0.25) is 0 Å². The fourth-order valence-electron chi connectivity index (χ4n) is 4.61. The molecule has 0 saturated carbocycles. The van der Waals surface area contributed by atoms with E-state index in [-0.39, 0.29) is 11.6 Å². The molecule has 1 amide bonds. The number of halogens is 3. The zero-order valence-electron chi connectivity index (χ0n) is 23.4. The lowest BCUT2D eigenvalue weighted by atomic mass is 9.99. The molecule has 0 aliphatic heterocycles. The number of hydrogen-bond donors (Lipinski definition) is 1. The van der Waals surface area contributed by atoms with Crippen LogP contribution in [0.4, 0.5) is 13.2 Å². The average molecular weight is 538 g/mol. The van der Waals surface area contributed by atoms with Crippen molar-refractivity contribution >= 4 is 11.5 Å². The fraction of sp³-hybridized carbons (Fsp3) is 0.344. The second kappa shape index (κ2) is 13.0. The summed E-state index contributed by atoms with van der Waals surface area (Å²) in [5.41, 5.74) is 3.32. The molecule has 39 heavy (non-hydrogen) atoms. The third-order valence-electron chi connectivity index (χ3n) is 6.47.